The van der Waals surface area contributed by atoms with Gasteiger partial charge in [0.15, 0.2) is 5.82 Å². The monoisotopic (exact) mass is 276 g/mol. The number of nitrogens with one attached hydrogen (secondary N) is 2. The second-order valence-electron chi connectivity index (χ2n) is 7.13. The topological polar surface area (TPSA) is 53.6 Å². The zero-order valence-electron chi connectivity index (χ0n) is 12.9. The highest BCUT2D eigenvalue weighted by atomic mass is 15.2. The van der Waals surface area contributed by atoms with Gasteiger partial charge in [0.2, 0.25) is 0 Å². The molecule has 1 aromatic heterocycles. The maximum Gasteiger partial charge on any atom is 0.156 e. The summed E-state index contributed by atoms with van der Waals surface area (Å²) in [5.74, 6) is 3.49. The van der Waals surface area contributed by atoms with Crippen LogP contribution in [0.25, 0.3) is 0 Å². The van der Waals surface area contributed by atoms with Gasteiger partial charge >= 0.3 is 0 Å². The Hall–Kier alpha value is -0.900. The molecule has 0 amide bonds. The molecule has 2 aliphatic rings. The van der Waals surface area contributed by atoms with Crippen LogP contribution in [0.2, 0.25) is 0 Å². The fraction of sp³-hybridized carbons (Fsp3) is 0.875. The van der Waals surface area contributed by atoms with Crippen molar-refractivity contribution in [3.63, 3.8) is 0 Å². The minimum Gasteiger partial charge on any atom is -0.317 e. The normalized spacial score (nSPS) is 23.1. The molecule has 0 radical (unpaired) electrons. The Kier molecular flexibility index (Phi) is 4.11. The smallest absolute Gasteiger partial charge is 0.156 e. The first kappa shape index (κ1) is 14.1. The molecule has 1 saturated carbocycles. The first-order chi connectivity index (χ1) is 9.68. The van der Waals surface area contributed by atoms with Crippen LogP contribution in [0, 0.1) is 5.92 Å². The summed E-state index contributed by atoms with van der Waals surface area (Å²) in [5, 5.41) is 11.3. The highest BCUT2D eigenvalue weighted by Gasteiger charge is 2.36. The molecule has 0 aromatic carbocycles. The average molecular weight is 276 g/mol. The second-order valence-corrected chi connectivity index (χ2v) is 7.13. The maximum absolute atomic E-state index is 4.89. The molecule has 1 aliphatic heterocycles. The number of hydrogen-bond acceptors (Lipinski definition) is 3. The van der Waals surface area contributed by atoms with Crippen LogP contribution in [0.5, 0.6) is 0 Å². The van der Waals surface area contributed by atoms with Crippen molar-refractivity contribution < 1.29 is 0 Å². The SMILES string of the molecule is CC(C)(c1n[nH]c(C2CCCCC2)n1)C1CCNCC1. The van der Waals surface area contributed by atoms with E-state index in [9.17, 15) is 0 Å². The van der Waals surface area contributed by atoms with Gasteiger partial charge in [0, 0.05) is 11.3 Å². The third kappa shape index (κ3) is 2.76. The van der Waals surface area contributed by atoms with Gasteiger partial charge in [-0.3, -0.25) is 5.10 Å². The van der Waals surface area contributed by atoms with Gasteiger partial charge in [-0.2, -0.15) is 5.10 Å². The van der Waals surface area contributed by atoms with E-state index >= 15 is 0 Å². The minimum atomic E-state index is 0.0888. The molecule has 0 atom stereocenters. The van der Waals surface area contributed by atoms with Crippen LogP contribution in [0.1, 0.15) is 76.4 Å². The predicted octanol–water partition coefficient (Wildman–Crippen LogP) is 3.13. The standard InChI is InChI=1S/C16H28N4/c1-16(2,13-8-10-17-11-9-13)15-18-14(19-20-15)12-6-4-3-5-7-12/h12-13,17H,3-11H2,1-2H3,(H,18,19,20). The molecule has 2 N–H and O–H groups in total. The summed E-state index contributed by atoms with van der Waals surface area (Å²) < 4.78 is 0. The van der Waals surface area contributed by atoms with Crippen molar-refractivity contribution in [3.8, 4) is 0 Å². The van der Waals surface area contributed by atoms with E-state index in [2.05, 4.69) is 29.4 Å². The van der Waals surface area contributed by atoms with Crippen LogP contribution in [0.3, 0.4) is 0 Å². The number of aromatic amines is 1. The average Bonchev–Trinajstić information content (AvgIpc) is 3.00. The van der Waals surface area contributed by atoms with Gasteiger partial charge < -0.3 is 5.32 Å². The molecule has 0 bridgehead atoms. The molecule has 4 heteroatoms. The first-order valence-electron chi connectivity index (χ1n) is 8.31. The van der Waals surface area contributed by atoms with E-state index in [1.807, 2.05) is 0 Å². The van der Waals surface area contributed by atoms with Crippen LogP contribution in [-0.2, 0) is 5.41 Å². The molecule has 4 nitrogen and oxygen atoms in total. The van der Waals surface area contributed by atoms with Gasteiger partial charge in [-0.25, -0.2) is 4.98 Å². The Bertz CT molecular complexity index is 425. The lowest BCUT2D eigenvalue weighted by atomic mass is 9.73. The molecule has 1 aromatic rings. The van der Waals surface area contributed by atoms with Crippen molar-refractivity contribution in [2.24, 2.45) is 5.92 Å². The highest BCUT2D eigenvalue weighted by Crippen LogP contribution is 2.36. The quantitative estimate of drug-likeness (QED) is 0.892. The van der Waals surface area contributed by atoms with Crippen LogP contribution < -0.4 is 5.32 Å². The van der Waals surface area contributed by atoms with Crippen molar-refractivity contribution in [3.05, 3.63) is 11.6 Å². The Balaban J connectivity index is 1.74. The molecule has 20 heavy (non-hydrogen) atoms. The number of aromatic nitrogens is 3. The van der Waals surface area contributed by atoms with Crippen molar-refractivity contribution in [2.45, 2.75) is 70.1 Å². The van der Waals surface area contributed by atoms with E-state index in [1.54, 1.807) is 0 Å². The Labute approximate surface area is 122 Å². The summed E-state index contributed by atoms with van der Waals surface area (Å²) in [6.45, 7) is 6.90. The van der Waals surface area contributed by atoms with Gasteiger partial charge in [0.1, 0.15) is 5.82 Å². The van der Waals surface area contributed by atoms with Crippen LogP contribution in [0.15, 0.2) is 0 Å². The summed E-state index contributed by atoms with van der Waals surface area (Å²) in [7, 11) is 0. The summed E-state index contributed by atoms with van der Waals surface area (Å²) in [6, 6.07) is 0. The largest absolute Gasteiger partial charge is 0.317 e. The van der Waals surface area contributed by atoms with Gasteiger partial charge in [0.05, 0.1) is 0 Å². The molecule has 2 heterocycles. The predicted molar refractivity (Wildman–Crippen MR) is 80.8 cm³/mol. The summed E-state index contributed by atoms with van der Waals surface area (Å²) in [5.41, 5.74) is 0.0888. The Morgan fingerprint density at radius 3 is 2.40 bits per heavy atom. The summed E-state index contributed by atoms with van der Waals surface area (Å²) in [6.07, 6.45) is 9.11. The van der Waals surface area contributed by atoms with Gasteiger partial charge in [0.25, 0.3) is 0 Å². The Morgan fingerprint density at radius 1 is 1.00 bits per heavy atom. The third-order valence-corrected chi connectivity index (χ3v) is 5.43. The van der Waals surface area contributed by atoms with Crippen molar-refractivity contribution in [1.82, 2.24) is 20.5 Å². The zero-order chi connectivity index (χ0) is 14.0. The van der Waals surface area contributed by atoms with Crippen molar-refractivity contribution >= 4 is 0 Å². The summed E-state index contributed by atoms with van der Waals surface area (Å²) in [4.78, 5) is 4.89. The number of nitrogens with zero attached hydrogens (tertiary/aromatic N) is 2. The third-order valence-electron chi connectivity index (χ3n) is 5.43. The van der Waals surface area contributed by atoms with Crippen LogP contribution >= 0.6 is 0 Å². The molecule has 3 rings (SSSR count). The number of piperidine rings is 1. The molecule has 1 aliphatic carbocycles. The fourth-order valence-corrected chi connectivity index (χ4v) is 3.85. The number of H-pyrrole nitrogens is 1. The van der Waals surface area contributed by atoms with Crippen molar-refractivity contribution in [1.29, 1.82) is 0 Å². The summed E-state index contributed by atoms with van der Waals surface area (Å²) >= 11 is 0. The lowest BCUT2D eigenvalue weighted by Crippen LogP contribution is -2.38. The maximum atomic E-state index is 4.89. The van der Waals surface area contributed by atoms with Gasteiger partial charge in [-0.1, -0.05) is 33.1 Å². The van der Waals surface area contributed by atoms with E-state index in [0.717, 1.165) is 24.7 Å². The van der Waals surface area contributed by atoms with E-state index < -0.39 is 0 Å². The highest BCUT2D eigenvalue weighted by molar-refractivity contribution is 5.10. The molecule has 2 fully saturated rings. The molecule has 0 unspecified atom stereocenters. The number of rotatable bonds is 3. The molecular formula is C16H28N4. The Morgan fingerprint density at radius 2 is 1.70 bits per heavy atom. The van der Waals surface area contributed by atoms with E-state index in [1.165, 1.54) is 44.9 Å². The van der Waals surface area contributed by atoms with E-state index in [4.69, 9.17) is 4.98 Å². The zero-order valence-corrected chi connectivity index (χ0v) is 12.9. The lowest BCUT2D eigenvalue weighted by Gasteiger charge is -2.35. The first-order valence-corrected chi connectivity index (χ1v) is 8.31. The van der Waals surface area contributed by atoms with Crippen LogP contribution in [-0.4, -0.2) is 28.3 Å². The fourth-order valence-electron chi connectivity index (χ4n) is 3.85. The second kappa shape index (κ2) is 5.84. The minimum absolute atomic E-state index is 0.0888. The molecule has 1 saturated heterocycles. The van der Waals surface area contributed by atoms with E-state index in [0.29, 0.717) is 11.8 Å². The number of hydrogen-bond donors (Lipinski definition) is 2. The van der Waals surface area contributed by atoms with Crippen molar-refractivity contribution in [2.75, 3.05) is 13.1 Å². The van der Waals surface area contributed by atoms with E-state index in [-0.39, 0.29) is 5.41 Å². The molecule has 112 valence electrons. The van der Waals surface area contributed by atoms with Crippen LogP contribution in [0.4, 0.5) is 0 Å². The lowest BCUT2D eigenvalue weighted by molar-refractivity contribution is 0.237. The molecular weight excluding hydrogens is 248 g/mol. The van der Waals surface area contributed by atoms with Gasteiger partial charge in [-0.15, -0.1) is 0 Å². The molecule has 0 spiro atoms. The van der Waals surface area contributed by atoms with Gasteiger partial charge in [-0.05, 0) is 44.7 Å².